The van der Waals surface area contributed by atoms with Crippen LogP contribution >= 0.6 is 0 Å². The lowest BCUT2D eigenvalue weighted by Crippen LogP contribution is -2.27. The molecule has 0 bridgehead atoms. The van der Waals surface area contributed by atoms with Gasteiger partial charge in [0.15, 0.2) is 0 Å². The Kier molecular flexibility index (Phi) is 4.47. The molecule has 1 aliphatic rings. The number of hydrogen-bond acceptors (Lipinski definition) is 4. The molecule has 1 unspecified atom stereocenters. The predicted octanol–water partition coefficient (Wildman–Crippen LogP) is 2.36. The number of halogens is 1. The zero-order valence-corrected chi connectivity index (χ0v) is 12.7. The van der Waals surface area contributed by atoms with E-state index in [1.54, 1.807) is 24.3 Å². The molecular weight excluding hydrogens is 309 g/mol. The van der Waals surface area contributed by atoms with Crippen LogP contribution in [-0.2, 0) is 4.74 Å². The van der Waals surface area contributed by atoms with E-state index in [2.05, 4.69) is 4.99 Å². The molecule has 1 heterocycles. The quantitative estimate of drug-likeness (QED) is 0.935. The number of amides is 1. The van der Waals surface area contributed by atoms with E-state index in [1.165, 1.54) is 12.1 Å². The zero-order chi connectivity index (χ0) is 17.1. The first-order valence-corrected chi connectivity index (χ1v) is 7.38. The van der Waals surface area contributed by atoms with Gasteiger partial charge in [-0.25, -0.2) is 9.38 Å². The molecule has 0 fully saturated rings. The molecule has 2 aromatic carbocycles. The number of fused-ring (bicyclic) bond motifs is 1. The van der Waals surface area contributed by atoms with Crippen LogP contribution in [0, 0.1) is 17.1 Å². The lowest BCUT2D eigenvalue weighted by Gasteiger charge is -2.25. The van der Waals surface area contributed by atoms with Gasteiger partial charge in [0.1, 0.15) is 11.9 Å². The summed E-state index contributed by atoms with van der Waals surface area (Å²) in [5, 5.41) is 8.90. The van der Waals surface area contributed by atoms with E-state index in [9.17, 15) is 9.18 Å². The highest BCUT2D eigenvalue weighted by Crippen LogP contribution is 2.31. The Morgan fingerprint density at radius 2 is 2.00 bits per heavy atom. The highest BCUT2D eigenvalue weighted by atomic mass is 19.1. The van der Waals surface area contributed by atoms with Gasteiger partial charge in [0.25, 0.3) is 5.91 Å². The Balaban J connectivity index is 2.08. The lowest BCUT2D eigenvalue weighted by molar-refractivity contribution is 0.0911. The Morgan fingerprint density at radius 3 is 2.67 bits per heavy atom. The number of rotatable bonds is 4. The van der Waals surface area contributed by atoms with Gasteiger partial charge in [-0.2, -0.15) is 5.26 Å². The number of nitriles is 1. The largest absolute Gasteiger partial charge is 0.366 e. The van der Waals surface area contributed by atoms with Crippen molar-refractivity contribution in [2.24, 2.45) is 10.7 Å². The standard InChI is InChI=1S/C18H14FN3O2/c19-13-5-6-14-15(9-13)18(23)22-16(17(14)24-8-7-20)12-3-1-11(10-21)2-4-12/h1-6,9,17H,7-8,20H2. The van der Waals surface area contributed by atoms with Gasteiger partial charge in [-0.3, -0.25) is 4.79 Å². The topological polar surface area (TPSA) is 88.5 Å². The Morgan fingerprint density at radius 1 is 1.25 bits per heavy atom. The molecule has 1 atom stereocenters. The first-order valence-electron chi connectivity index (χ1n) is 7.38. The van der Waals surface area contributed by atoms with E-state index in [1.807, 2.05) is 6.07 Å². The summed E-state index contributed by atoms with van der Waals surface area (Å²) in [6.07, 6.45) is -0.616. The van der Waals surface area contributed by atoms with Crippen molar-refractivity contribution in [3.63, 3.8) is 0 Å². The van der Waals surface area contributed by atoms with Crippen molar-refractivity contribution in [1.82, 2.24) is 0 Å². The van der Waals surface area contributed by atoms with Crippen LogP contribution in [0.15, 0.2) is 47.5 Å². The molecule has 0 radical (unpaired) electrons. The van der Waals surface area contributed by atoms with Crippen LogP contribution in [-0.4, -0.2) is 24.8 Å². The van der Waals surface area contributed by atoms with Crippen LogP contribution in [0.2, 0.25) is 0 Å². The van der Waals surface area contributed by atoms with Crippen molar-refractivity contribution in [1.29, 1.82) is 5.26 Å². The number of carbonyl (C=O) groups excluding carboxylic acids is 1. The van der Waals surface area contributed by atoms with Crippen LogP contribution in [0.4, 0.5) is 4.39 Å². The number of nitrogens with zero attached hydrogens (tertiary/aromatic N) is 2. The average Bonchev–Trinajstić information content (AvgIpc) is 2.61. The summed E-state index contributed by atoms with van der Waals surface area (Å²) in [5.41, 5.74) is 7.86. The van der Waals surface area contributed by atoms with Gasteiger partial charge in [-0.05, 0) is 35.4 Å². The molecule has 6 heteroatoms. The highest BCUT2D eigenvalue weighted by molar-refractivity contribution is 6.16. The summed E-state index contributed by atoms with van der Waals surface area (Å²) >= 11 is 0. The number of nitrogens with two attached hydrogens (primary N) is 1. The first-order chi connectivity index (χ1) is 11.6. The molecule has 2 aromatic rings. The third-order valence-corrected chi connectivity index (χ3v) is 3.71. The molecule has 0 aromatic heterocycles. The minimum absolute atomic E-state index is 0.189. The highest BCUT2D eigenvalue weighted by Gasteiger charge is 2.31. The molecule has 120 valence electrons. The Bertz CT molecular complexity index is 854. The second-order valence-electron chi connectivity index (χ2n) is 5.26. The number of benzene rings is 2. The van der Waals surface area contributed by atoms with Crippen molar-refractivity contribution in [2.75, 3.05) is 13.2 Å². The monoisotopic (exact) mass is 323 g/mol. The molecule has 0 saturated carbocycles. The minimum Gasteiger partial charge on any atom is -0.366 e. The van der Waals surface area contributed by atoms with E-state index in [4.69, 9.17) is 15.7 Å². The fourth-order valence-corrected chi connectivity index (χ4v) is 2.60. The zero-order valence-electron chi connectivity index (χ0n) is 12.7. The molecule has 0 spiro atoms. The fourth-order valence-electron chi connectivity index (χ4n) is 2.60. The maximum atomic E-state index is 13.5. The van der Waals surface area contributed by atoms with Gasteiger partial charge < -0.3 is 10.5 Å². The van der Waals surface area contributed by atoms with E-state index in [-0.39, 0.29) is 12.2 Å². The van der Waals surface area contributed by atoms with Crippen LogP contribution < -0.4 is 5.73 Å². The van der Waals surface area contributed by atoms with Gasteiger partial charge in [0.05, 0.1) is 29.5 Å². The fraction of sp³-hybridized carbons (Fsp3) is 0.167. The number of hydrogen-bond donors (Lipinski definition) is 1. The van der Waals surface area contributed by atoms with Crippen LogP contribution in [0.25, 0.3) is 0 Å². The normalized spacial score (nSPS) is 16.3. The van der Waals surface area contributed by atoms with Crippen LogP contribution in [0.5, 0.6) is 0 Å². The van der Waals surface area contributed by atoms with Crippen molar-refractivity contribution < 1.29 is 13.9 Å². The van der Waals surface area contributed by atoms with Crippen molar-refractivity contribution in [3.05, 3.63) is 70.5 Å². The molecule has 24 heavy (non-hydrogen) atoms. The van der Waals surface area contributed by atoms with E-state index in [0.29, 0.717) is 28.9 Å². The third kappa shape index (κ3) is 2.95. The summed E-state index contributed by atoms with van der Waals surface area (Å²) in [6.45, 7) is 0.576. The van der Waals surface area contributed by atoms with Crippen molar-refractivity contribution in [2.45, 2.75) is 6.10 Å². The summed E-state index contributed by atoms with van der Waals surface area (Å²) in [7, 11) is 0. The van der Waals surface area contributed by atoms with Crippen LogP contribution in [0.1, 0.15) is 33.2 Å². The second kappa shape index (κ2) is 6.71. The van der Waals surface area contributed by atoms with Gasteiger partial charge in [-0.1, -0.05) is 18.2 Å². The van der Waals surface area contributed by atoms with Gasteiger partial charge in [0, 0.05) is 6.54 Å². The summed E-state index contributed by atoms with van der Waals surface area (Å²) in [5.74, 6) is -1.02. The van der Waals surface area contributed by atoms with Crippen LogP contribution in [0.3, 0.4) is 0 Å². The van der Waals surface area contributed by atoms with E-state index < -0.39 is 17.8 Å². The average molecular weight is 323 g/mol. The van der Waals surface area contributed by atoms with E-state index in [0.717, 1.165) is 6.07 Å². The van der Waals surface area contributed by atoms with Gasteiger partial charge in [0.2, 0.25) is 0 Å². The molecule has 0 aliphatic carbocycles. The molecule has 3 rings (SSSR count). The summed E-state index contributed by atoms with van der Waals surface area (Å²) < 4.78 is 19.2. The lowest BCUT2D eigenvalue weighted by atomic mass is 9.91. The van der Waals surface area contributed by atoms with Gasteiger partial charge >= 0.3 is 0 Å². The molecular formula is C18H14FN3O2. The van der Waals surface area contributed by atoms with Crippen molar-refractivity contribution >= 4 is 11.6 Å². The smallest absolute Gasteiger partial charge is 0.277 e. The third-order valence-electron chi connectivity index (χ3n) is 3.71. The summed E-state index contributed by atoms with van der Waals surface area (Å²) in [4.78, 5) is 16.4. The first kappa shape index (κ1) is 16.0. The number of aliphatic imine (C=N–C) groups is 1. The molecule has 0 saturated heterocycles. The van der Waals surface area contributed by atoms with Crippen molar-refractivity contribution in [3.8, 4) is 6.07 Å². The number of ether oxygens (including phenoxy) is 1. The molecule has 2 N–H and O–H groups in total. The maximum Gasteiger partial charge on any atom is 0.277 e. The Labute approximate surface area is 138 Å². The predicted molar refractivity (Wildman–Crippen MR) is 86.2 cm³/mol. The minimum atomic E-state index is -0.616. The molecule has 1 amide bonds. The second-order valence-corrected chi connectivity index (χ2v) is 5.26. The SMILES string of the molecule is N#Cc1ccc(C2=NC(=O)c3cc(F)ccc3C2OCCN)cc1. The molecule has 1 aliphatic heterocycles. The summed E-state index contributed by atoms with van der Waals surface area (Å²) in [6, 6.07) is 12.7. The molecule has 5 nitrogen and oxygen atoms in total. The Hall–Kier alpha value is -2.88. The van der Waals surface area contributed by atoms with Gasteiger partial charge in [-0.15, -0.1) is 0 Å². The van der Waals surface area contributed by atoms with E-state index >= 15 is 0 Å². The number of carbonyl (C=O) groups is 1. The maximum absolute atomic E-state index is 13.5.